The van der Waals surface area contributed by atoms with Crippen LogP contribution in [-0.4, -0.2) is 64.6 Å². The van der Waals surface area contributed by atoms with Crippen LogP contribution in [0.2, 0.25) is 0 Å². The van der Waals surface area contributed by atoms with Crippen molar-refractivity contribution in [2.75, 3.05) is 0 Å². The lowest BCUT2D eigenvalue weighted by Crippen LogP contribution is -2.41. The number of hydrogen-bond acceptors (Lipinski definition) is 7. The summed E-state index contributed by atoms with van der Waals surface area (Å²) < 4.78 is 20.4. The van der Waals surface area contributed by atoms with Crippen LogP contribution in [-0.2, 0) is 33.4 Å². The zero-order chi connectivity index (χ0) is 52.1. The van der Waals surface area contributed by atoms with Crippen molar-refractivity contribution in [3.05, 3.63) is 0 Å². The van der Waals surface area contributed by atoms with Crippen LogP contribution in [0.3, 0.4) is 0 Å². The van der Waals surface area contributed by atoms with Gasteiger partial charge in [0.05, 0.1) is 36.6 Å². The topological polar surface area (TPSA) is 96.0 Å². The molecule has 0 N–H and O–H groups in total. The zero-order valence-corrected chi connectivity index (χ0v) is 49.5. The number of Topliss-reactive ketones (excluding diaryl/α,β-unsaturated/α-hetero) is 4. The minimum atomic E-state index is 0.0679. The third-order valence-corrected chi connectivity index (χ3v) is 24.1. The van der Waals surface area contributed by atoms with E-state index in [0.29, 0.717) is 63.2 Å². The summed E-state index contributed by atoms with van der Waals surface area (Å²) in [5.74, 6) is 5.96. The van der Waals surface area contributed by atoms with Gasteiger partial charge in [0.25, 0.3) is 0 Å². The molecule has 0 aromatic rings. The standard InChI is InChI=1S/C66H107BrO7/c1-42-13-15-43(16-14-42)61(68)47-9-7-10-48(39-47)62(69)44-17-28-54(29-18-44)72-56-34-23-51(24-35-56)66(5,6)52-25-36-57(37-26-52)73-55-30-19-45(20-31-55)63(70)49-11-8-12-50(40-49)64(71)46-21-32-58(33-22-46)74-60-38-27-53(41-59(60)67)65(2,3)4/h42-60H,7-41H2,1-6H3. The molecule has 7 nitrogen and oxygen atoms in total. The van der Waals surface area contributed by atoms with Crippen LogP contribution >= 0.6 is 15.9 Å². The molecule has 0 bridgehead atoms. The molecular formula is C66H107BrO7. The number of ether oxygens (including phenoxy) is 3. The normalized spacial score (nSPS) is 42.2. The van der Waals surface area contributed by atoms with Gasteiger partial charge in [-0.2, -0.15) is 0 Å². The molecule has 7 atom stereocenters. The Morgan fingerprint density at radius 3 is 0.959 bits per heavy atom. The summed E-state index contributed by atoms with van der Waals surface area (Å²) in [5.41, 5.74) is 0.668. The van der Waals surface area contributed by atoms with Crippen molar-refractivity contribution in [1.29, 1.82) is 0 Å². The molecule has 0 amide bonds. The second-order valence-electron chi connectivity index (χ2n) is 29.2. The number of carbonyl (C=O) groups excluding carboxylic acids is 4. The average molecular weight is 1090 g/mol. The van der Waals surface area contributed by atoms with Crippen molar-refractivity contribution in [2.45, 2.75) is 308 Å². The van der Waals surface area contributed by atoms with Crippen molar-refractivity contribution >= 4 is 39.1 Å². The first-order valence-electron chi connectivity index (χ1n) is 32.2. The lowest BCUT2D eigenvalue weighted by molar-refractivity contribution is -0.136. The SMILES string of the molecule is CC1CCC(C(=O)C2CCCC(C(=O)C3CCC(OC4CCC(C(C)(C)C5CCC(OC6CCC(C(=O)C7CCCC(C(=O)C8CCC(OC9CCC(C(C)(C)C)CC9Br)CC8)C7)CC6)CC5)CC4)CC3)C2)CC1. The van der Waals surface area contributed by atoms with Gasteiger partial charge in [0.2, 0.25) is 0 Å². The third-order valence-electron chi connectivity index (χ3n) is 23.1. The second kappa shape index (κ2) is 26.1. The van der Waals surface area contributed by atoms with Gasteiger partial charge in [0.15, 0.2) is 0 Å². The Hall–Kier alpha value is -0.960. The van der Waals surface area contributed by atoms with Gasteiger partial charge in [0.1, 0.15) is 23.1 Å². The van der Waals surface area contributed by atoms with Crippen molar-refractivity contribution in [3.8, 4) is 0 Å². The highest BCUT2D eigenvalue weighted by Gasteiger charge is 2.45. The summed E-state index contributed by atoms with van der Waals surface area (Å²) in [4.78, 5) is 55.7. The van der Waals surface area contributed by atoms with E-state index in [2.05, 4.69) is 57.5 Å². The molecule has 0 spiro atoms. The summed E-state index contributed by atoms with van der Waals surface area (Å²) in [6, 6.07) is 0. The van der Waals surface area contributed by atoms with Crippen LogP contribution in [0.4, 0.5) is 0 Å². The van der Waals surface area contributed by atoms with E-state index in [1.54, 1.807) is 0 Å². The van der Waals surface area contributed by atoms with Gasteiger partial charge in [-0.25, -0.2) is 0 Å². The number of hydrogen-bond donors (Lipinski definition) is 0. The van der Waals surface area contributed by atoms with Crippen LogP contribution in [0, 0.1) is 81.8 Å². The highest BCUT2D eigenvalue weighted by molar-refractivity contribution is 9.09. The Labute approximate surface area is 459 Å². The highest BCUT2D eigenvalue weighted by atomic mass is 79.9. The predicted molar refractivity (Wildman–Crippen MR) is 301 cm³/mol. The summed E-state index contributed by atoms with van der Waals surface area (Å²) in [6.07, 6.45) is 39.0. The van der Waals surface area contributed by atoms with Gasteiger partial charge >= 0.3 is 0 Å². The molecule has 8 heteroatoms. The Morgan fingerprint density at radius 1 is 0.338 bits per heavy atom. The van der Waals surface area contributed by atoms with Crippen LogP contribution in [0.15, 0.2) is 0 Å². The molecule has 7 unspecified atom stereocenters. The van der Waals surface area contributed by atoms with E-state index in [1.165, 1.54) is 64.2 Å². The number of carbonyl (C=O) groups is 4. The molecule has 9 aliphatic rings. The van der Waals surface area contributed by atoms with Gasteiger partial charge in [-0.3, -0.25) is 19.2 Å². The molecule has 9 fully saturated rings. The monoisotopic (exact) mass is 1090 g/mol. The first-order valence-corrected chi connectivity index (χ1v) is 33.1. The Morgan fingerprint density at radius 2 is 0.635 bits per heavy atom. The van der Waals surface area contributed by atoms with Crippen molar-refractivity contribution in [2.24, 2.45) is 81.8 Å². The number of alkyl halides is 1. The minimum Gasteiger partial charge on any atom is -0.375 e. The van der Waals surface area contributed by atoms with Crippen LogP contribution in [0.25, 0.3) is 0 Å². The summed E-state index contributed by atoms with van der Waals surface area (Å²) >= 11 is 3.99. The molecule has 0 aromatic heterocycles. The van der Waals surface area contributed by atoms with Crippen LogP contribution < -0.4 is 0 Å². The largest absolute Gasteiger partial charge is 0.375 e. The van der Waals surface area contributed by atoms with Crippen molar-refractivity contribution in [1.82, 2.24) is 0 Å². The maximum absolute atomic E-state index is 14.0. The predicted octanol–water partition coefficient (Wildman–Crippen LogP) is 16.6. The van der Waals surface area contributed by atoms with E-state index in [9.17, 15) is 19.2 Å². The van der Waals surface area contributed by atoms with Crippen LogP contribution in [0.5, 0.6) is 0 Å². The zero-order valence-electron chi connectivity index (χ0n) is 48.0. The smallest absolute Gasteiger partial charge is 0.139 e. The van der Waals surface area contributed by atoms with Gasteiger partial charge < -0.3 is 14.2 Å². The Kier molecular flexibility index (Phi) is 20.4. The lowest BCUT2D eigenvalue weighted by Gasteiger charge is -2.47. The van der Waals surface area contributed by atoms with Gasteiger partial charge in [-0.05, 0) is 234 Å². The molecule has 0 aliphatic heterocycles. The maximum atomic E-state index is 14.0. The van der Waals surface area contributed by atoms with Gasteiger partial charge in [-0.1, -0.05) is 83.2 Å². The van der Waals surface area contributed by atoms with Crippen molar-refractivity contribution < 1.29 is 33.4 Å². The van der Waals surface area contributed by atoms with Crippen LogP contribution in [0.1, 0.15) is 266 Å². The fourth-order valence-corrected chi connectivity index (χ4v) is 18.6. The number of halogens is 1. The fourth-order valence-electron chi connectivity index (χ4n) is 17.8. The second-order valence-corrected chi connectivity index (χ2v) is 30.4. The van der Waals surface area contributed by atoms with E-state index in [4.69, 9.17) is 14.2 Å². The van der Waals surface area contributed by atoms with E-state index < -0.39 is 0 Å². The highest BCUT2D eigenvalue weighted by Crippen LogP contribution is 2.50. The first-order chi connectivity index (χ1) is 35.5. The molecule has 9 aliphatic carbocycles. The van der Waals surface area contributed by atoms with E-state index in [-0.39, 0.29) is 59.6 Å². The molecule has 74 heavy (non-hydrogen) atoms. The first kappa shape index (κ1) is 57.7. The average Bonchev–Trinajstić information content (AvgIpc) is 3.41. The molecule has 0 radical (unpaired) electrons. The molecule has 420 valence electrons. The number of ketones is 4. The molecule has 0 heterocycles. The fraction of sp³-hybridized carbons (Fsp3) is 0.939. The quantitative estimate of drug-likeness (QED) is 0.142. The maximum Gasteiger partial charge on any atom is 0.139 e. The molecule has 9 rings (SSSR count). The molecule has 0 aromatic carbocycles. The Balaban J connectivity index is 0.623. The molecule has 9 saturated carbocycles. The number of rotatable bonds is 16. The van der Waals surface area contributed by atoms with Gasteiger partial charge in [-0.15, -0.1) is 0 Å². The molecule has 0 saturated heterocycles. The van der Waals surface area contributed by atoms with E-state index in [1.807, 2.05) is 0 Å². The Bertz CT molecular complexity index is 1810. The molecular weight excluding hydrogens is 985 g/mol. The van der Waals surface area contributed by atoms with Crippen molar-refractivity contribution in [3.63, 3.8) is 0 Å². The lowest BCUT2D eigenvalue weighted by atomic mass is 9.60. The summed E-state index contributed by atoms with van der Waals surface area (Å²) in [5, 5.41) is 0. The third kappa shape index (κ3) is 14.7. The van der Waals surface area contributed by atoms with E-state index in [0.717, 1.165) is 184 Å². The summed E-state index contributed by atoms with van der Waals surface area (Å²) in [7, 11) is 0. The van der Waals surface area contributed by atoms with E-state index >= 15 is 0 Å². The van der Waals surface area contributed by atoms with Gasteiger partial charge in [0, 0.05) is 52.2 Å². The summed E-state index contributed by atoms with van der Waals surface area (Å²) in [6.45, 7) is 14.5. The minimum absolute atomic E-state index is 0.0679.